The molecular weight excluding hydrogens is 360 g/mol. The highest BCUT2D eigenvalue weighted by molar-refractivity contribution is 5.96. The van der Waals surface area contributed by atoms with Crippen molar-refractivity contribution < 1.29 is 14.7 Å². The maximum Gasteiger partial charge on any atom is 0.161 e. The number of aliphatic carboxylic acids is 1. The van der Waals surface area contributed by atoms with Gasteiger partial charge in [0.25, 0.3) is 0 Å². The van der Waals surface area contributed by atoms with Crippen LogP contribution in [0.5, 0.6) is 0 Å². The Morgan fingerprint density at radius 1 is 1.10 bits per heavy atom. The fourth-order valence-corrected chi connectivity index (χ4v) is 7.46. The van der Waals surface area contributed by atoms with E-state index in [1.807, 2.05) is 13.0 Å². The van der Waals surface area contributed by atoms with E-state index in [2.05, 4.69) is 27.7 Å². The molecule has 3 aliphatic carbocycles. The van der Waals surface area contributed by atoms with Crippen molar-refractivity contribution in [2.24, 2.45) is 46.3 Å². The zero-order chi connectivity index (χ0) is 21.4. The first-order valence-corrected chi connectivity index (χ1v) is 12.0. The predicted octanol–water partition coefficient (Wildman–Crippen LogP) is 5.18. The minimum atomic E-state index is -0.914. The number of ketones is 1. The molecule has 2 saturated carbocycles. The molecule has 0 radical (unpaired) electrons. The maximum atomic E-state index is 12.8. The lowest BCUT2D eigenvalue weighted by Crippen LogP contribution is -2.55. The average molecular weight is 402 g/mol. The van der Waals surface area contributed by atoms with E-state index in [4.69, 9.17) is 0 Å². The van der Waals surface area contributed by atoms with Crippen LogP contribution in [0, 0.1) is 46.3 Å². The Morgan fingerprint density at radius 3 is 2.45 bits per heavy atom. The Morgan fingerprint density at radius 2 is 1.83 bits per heavy atom. The molecule has 0 aromatic rings. The van der Waals surface area contributed by atoms with Crippen molar-refractivity contribution in [2.75, 3.05) is 0 Å². The molecule has 0 aliphatic heterocycles. The van der Waals surface area contributed by atoms with E-state index in [0.717, 1.165) is 44.4 Å². The summed E-state index contributed by atoms with van der Waals surface area (Å²) in [7, 11) is 0. The van der Waals surface area contributed by atoms with Crippen LogP contribution in [0.3, 0.4) is 0 Å². The number of carboxylic acids is 1. The second kappa shape index (κ2) is 8.55. The molecule has 3 heteroatoms. The molecule has 0 bridgehead atoms. The van der Waals surface area contributed by atoms with Crippen LogP contribution in [0.4, 0.5) is 0 Å². The molecule has 0 N–H and O–H groups in total. The van der Waals surface area contributed by atoms with Crippen molar-refractivity contribution >= 4 is 11.8 Å². The smallest absolute Gasteiger partial charge is 0.161 e. The van der Waals surface area contributed by atoms with Crippen molar-refractivity contribution in [3.8, 4) is 0 Å². The van der Waals surface area contributed by atoms with Gasteiger partial charge in [0.05, 0.1) is 0 Å². The number of carbonyl (C=O) groups excluding carboxylic acids is 2. The Balaban J connectivity index is 1.80. The quantitative estimate of drug-likeness (QED) is 0.590. The second-order valence-corrected chi connectivity index (χ2v) is 11.3. The summed E-state index contributed by atoms with van der Waals surface area (Å²) in [5.74, 6) is 0.770. The molecule has 0 aromatic carbocycles. The van der Waals surface area contributed by atoms with Gasteiger partial charge in [-0.2, -0.15) is 0 Å². The second-order valence-electron chi connectivity index (χ2n) is 11.3. The lowest BCUT2D eigenvalue weighted by molar-refractivity contribution is -0.319. The first-order valence-electron chi connectivity index (χ1n) is 12.0. The molecule has 2 fully saturated rings. The molecule has 29 heavy (non-hydrogen) atoms. The van der Waals surface area contributed by atoms with Crippen LogP contribution in [-0.4, -0.2) is 11.8 Å². The van der Waals surface area contributed by atoms with Gasteiger partial charge in [-0.1, -0.05) is 60.0 Å². The van der Waals surface area contributed by atoms with Crippen molar-refractivity contribution in [1.29, 1.82) is 0 Å². The molecule has 0 heterocycles. The van der Waals surface area contributed by atoms with Gasteiger partial charge in [0.1, 0.15) is 0 Å². The molecule has 0 amide bonds. The molecule has 3 aliphatic rings. The van der Waals surface area contributed by atoms with Crippen molar-refractivity contribution in [2.45, 2.75) is 92.4 Å². The Hall–Kier alpha value is -1.12. The molecule has 0 aromatic heterocycles. The monoisotopic (exact) mass is 401 g/mol. The van der Waals surface area contributed by atoms with Crippen LogP contribution >= 0.6 is 0 Å². The molecule has 3 nitrogen and oxygen atoms in total. The minimum absolute atomic E-state index is 0.0718. The highest BCUT2D eigenvalue weighted by atomic mass is 16.4. The van der Waals surface area contributed by atoms with Crippen LogP contribution in [0.2, 0.25) is 0 Å². The summed E-state index contributed by atoms with van der Waals surface area (Å²) >= 11 is 0. The minimum Gasteiger partial charge on any atom is -0.550 e. The summed E-state index contributed by atoms with van der Waals surface area (Å²) in [5.41, 5.74) is -0.468. The number of hydrogen-bond donors (Lipinski definition) is 0. The molecular formula is C26H41O3-. The Kier molecular flexibility index (Phi) is 6.65. The summed E-state index contributed by atoms with van der Waals surface area (Å²) in [6.45, 7) is 11.3. The first kappa shape index (κ1) is 22.6. The third kappa shape index (κ3) is 4.08. The van der Waals surface area contributed by atoms with E-state index in [1.54, 1.807) is 6.08 Å². The zero-order valence-electron chi connectivity index (χ0n) is 19.2. The Labute approximate surface area is 177 Å². The van der Waals surface area contributed by atoms with E-state index in [9.17, 15) is 14.7 Å². The highest BCUT2D eigenvalue weighted by Gasteiger charge is 2.58. The third-order valence-corrected chi connectivity index (χ3v) is 9.22. The van der Waals surface area contributed by atoms with E-state index in [0.29, 0.717) is 11.8 Å². The number of carbonyl (C=O) groups is 2. The summed E-state index contributed by atoms with van der Waals surface area (Å²) in [4.78, 5) is 25.2. The van der Waals surface area contributed by atoms with E-state index >= 15 is 0 Å². The van der Waals surface area contributed by atoms with E-state index in [-0.39, 0.29) is 23.0 Å². The SMILES string of the molecule is CC(C)CCC[C@H](C)[C@H]1CC[C@H]2[C@@H](C(=O)[O-])[C@@H]([C@@]3(C)CCC=CC3=O)CC[C@]12C. The van der Waals surface area contributed by atoms with Crippen LogP contribution < -0.4 is 5.11 Å². The van der Waals surface area contributed by atoms with Gasteiger partial charge in [0.15, 0.2) is 5.78 Å². The van der Waals surface area contributed by atoms with Gasteiger partial charge in [0.2, 0.25) is 0 Å². The summed E-state index contributed by atoms with van der Waals surface area (Å²) in [6, 6.07) is 0. The fraction of sp³-hybridized carbons (Fsp3) is 0.846. The molecule has 0 unspecified atom stereocenters. The highest BCUT2D eigenvalue weighted by Crippen LogP contribution is 2.63. The zero-order valence-corrected chi connectivity index (χ0v) is 19.2. The van der Waals surface area contributed by atoms with Gasteiger partial charge >= 0.3 is 0 Å². The Bertz CT molecular complexity index is 650. The molecule has 0 saturated heterocycles. The number of rotatable bonds is 7. The van der Waals surface area contributed by atoms with Crippen LogP contribution in [-0.2, 0) is 9.59 Å². The van der Waals surface area contributed by atoms with Gasteiger partial charge in [0, 0.05) is 17.3 Å². The van der Waals surface area contributed by atoms with Gasteiger partial charge in [-0.15, -0.1) is 0 Å². The number of fused-ring (bicyclic) bond motifs is 1. The number of allylic oxidation sites excluding steroid dienone is 2. The van der Waals surface area contributed by atoms with Crippen LogP contribution in [0.1, 0.15) is 92.4 Å². The summed E-state index contributed by atoms with van der Waals surface area (Å²) < 4.78 is 0. The normalized spacial score (nSPS) is 40.8. The fourth-order valence-electron chi connectivity index (χ4n) is 7.46. The molecule has 0 spiro atoms. The standard InChI is InChI=1S/C26H42O3/c1-17(2)9-8-10-18(3)19-12-13-20-23(24(28)29)21(14-16-25(19,20)4)26(5)15-7-6-11-22(26)27/h6,11,17-21,23H,7-10,12-16H2,1-5H3,(H,28,29)/p-1/t18-,19+,20-,21-,23+,25+,26+/m0/s1. The van der Waals surface area contributed by atoms with E-state index in [1.165, 1.54) is 19.3 Å². The largest absolute Gasteiger partial charge is 0.550 e. The van der Waals surface area contributed by atoms with E-state index < -0.39 is 17.3 Å². The third-order valence-electron chi connectivity index (χ3n) is 9.22. The van der Waals surface area contributed by atoms with Crippen LogP contribution in [0.25, 0.3) is 0 Å². The lowest BCUT2D eigenvalue weighted by Gasteiger charge is -2.54. The molecule has 3 rings (SSSR count). The van der Waals surface area contributed by atoms with Gasteiger partial charge in [-0.3, -0.25) is 4.79 Å². The van der Waals surface area contributed by atoms with Gasteiger partial charge < -0.3 is 9.90 Å². The van der Waals surface area contributed by atoms with Crippen LogP contribution in [0.15, 0.2) is 12.2 Å². The lowest BCUT2D eigenvalue weighted by atomic mass is 9.50. The predicted molar refractivity (Wildman–Crippen MR) is 115 cm³/mol. The average Bonchev–Trinajstić information content (AvgIpc) is 2.99. The van der Waals surface area contributed by atoms with Crippen molar-refractivity contribution in [3.63, 3.8) is 0 Å². The first-order chi connectivity index (χ1) is 13.6. The number of hydrogen-bond acceptors (Lipinski definition) is 3. The summed E-state index contributed by atoms with van der Waals surface area (Å²) in [6.07, 6.45) is 13.1. The van der Waals surface area contributed by atoms with Gasteiger partial charge in [-0.25, -0.2) is 0 Å². The molecule has 164 valence electrons. The maximum absolute atomic E-state index is 12.8. The van der Waals surface area contributed by atoms with Gasteiger partial charge in [-0.05, 0) is 79.6 Å². The summed E-state index contributed by atoms with van der Waals surface area (Å²) in [5, 5.41) is 12.4. The van der Waals surface area contributed by atoms with Crippen molar-refractivity contribution in [3.05, 3.63) is 12.2 Å². The number of carboxylic acid groups (broad SMARTS) is 1. The molecule has 7 atom stereocenters. The van der Waals surface area contributed by atoms with Crippen molar-refractivity contribution in [1.82, 2.24) is 0 Å². The topological polar surface area (TPSA) is 57.2 Å².